The monoisotopic (exact) mass is 279 g/mol. The summed E-state index contributed by atoms with van der Waals surface area (Å²) in [5.41, 5.74) is 7.28. The smallest absolute Gasteiger partial charge is 0.123 e. The van der Waals surface area contributed by atoms with E-state index >= 15 is 0 Å². The lowest BCUT2D eigenvalue weighted by Crippen LogP contribution is -2.02. The second kappa shape index (κ2) is 6.55. The first-order chi connectivity index (χ1) is 9.19. The van der Waals surface area contributed by atoms with Crippen LogP contribution in [0.15, 0.2) is 42.5 Å². The molecule has 100 valence electrons. The molecule has 0 radical (unpaired) electrons. The third kappa shape index (κ3) is 3.94. The number of rotatable bonds is 5. The maximum Gasteiger partial charge on any atom is 0.123 e. The van der Waals surface area contributed by atoms with Gasteiger partial charge in [-0.15, -0.1) is 0 Å². The highest BCUT2D eigenvalue weighted by Crippen LogP contribution is 2.20. The van der Waals surface area contributed by atoms with Crippen molar-refractivity contribution in [3.8, 4) is 5.75 Å². The topological polar surface area (TPSA) is 35.2 Å². The van der Waals surface area contributed by atoms with Crippen LogP contribution in [-0.2, 0) is 13.0 Å². The van der Waals surface area contributed by atoms with Crippen LogP contribution in [0.4, 0.5) is 4.39 Å². The van der Waals surface area contributed by atoms with Crippen LogP contribution >= 0.6 is 11.6 Å². The predicted octanol–water partition coefficient (Wildman–Crippen LogP) is 3.56. The maximum atomic E-state index is 13.1. The average molecular weight is 280 g/mol. The summed E-state index contributed by atoms with van der Waals surface area (Å²) in [5.74, 6) is 0.405. The summed E-state index contributed by atoms with van der Waals surface area (Å²) in [4.78, 5) is 0. The molecule has 0 spiro atoms. The predicted molar refractivity (Wildman–Crippen MR) is 74.9 cm³/mol. The number of halogens is 2. The molecular weight excluding hydrogens is 265 g/mol. The van der Waals surface area contributed by atoms with E-state index in [1.165, 1.54) is 23.8 Å². The highest BCUT2D eigenvalue weighted by atomic mass is 35.5. The molecule has 0 saturated carbocycles. The first-order valence-corrected chi connectivity index (χ1v) is 6.42. The van der Waals surface area contributed by atoms with Crippen LogP contribution in [0.25, 0.3) is 0 Å². The molecule has 2 aromatic rings. The Hall–Kier alpha value is -1.58. The molecule has 0 amide bonds. The molecule has 0 aliphatic rings. The molecule has 0 aliphatic carbocycles. The molecule has 0 fully saturated rings. The molecule has 0 aliphatic heterocycles. The van der Waals surface area contributed by atoms with Crippen molar-refractivity contribution < 1.29 is 9.13 Å². The first-order valence-electron chi connectivity index (χ1n) is 6.05. The van der Waals surface area contributed by atoms with Crippen LogP contribution in [0, 0.1) is 5.82 Å². The second-order valence-electron chi connectivity index (χ2n) is 4.21. The van der Waals surface area contributed by atoms with E-state index in [0.717, 1.165) is 12.2 Å². The van der Waals surface area contributed by atoms with Crippen LogP contribution in [0.5, 0.6) is 5.75 Å². The molecule has 2 N–H and O–H groups in total. The Morgan fingerprint density at radius 3 is 2.53 bits per heavy atom. The van der Waals surface area contributed by atoms with Crippen molar-refractivity contribution >= 4 is 11.6 Å². The fraction of sp³-hybridized carbons (Fsp3) is 0.200. The van der Waals surface area contributed by atoms with Gasteiger partial charge in [0.25, 0.3) is 0 Å². The maximum absolute atomic E-state index is 13.1. The molecule has 2 aromatic carbocycles. The van der Waals surface area contributed by atoms with Crippen molar-refractivity contribution in [3.05, 3.63) is 64.4 Å². The van der Waals surface area contributed by atoms with Gasteiger partial charge in [0.2, 0.25) is 0 Å². The van der Waals surface area contributed by atoms with E-state index in [1.807, 2.05) is 24.3 Å². The first kappa shape index (κ1) is 13.8. The van der Waals surface area contributed by atoms with Crippen molar-refractivity contribution in [1.82, 2.24) is 0 Å². The third-order valence-corrected chi connectivity index (χ3v) is 3.13. The number of nitrogens with two attached hydrogens (primary N) is 1. The van der Waals surface area contributed by atoms with E-state index in [2.05, 4.69) is 0 Å². The minimum absolute atomic E-state index is 0.243. The quantitative estimate of drug-likeness (QED) is 0.908. The molecule has 0 bridgehead atoms. The van der Waals surface area contributed by atoms with Crippen molar-refractivity contribution in [2.75, 3.05) is 6.54 Å². The van der Waals surface area contributed by atoms with E-state index in [4.69, 9.17) is 22.1 Å². The Bertz CT molecular complexity index is 542. The minimum atomic E-state index is -0.318. The lowest BCUT2D eigenvalue weighted by molar-refractivity contribution is 0.305. The summed E-state index contributed by atoms with van der Waals surface area (Å²) in [6.45, 7) is 0.867. The van der Waals surface area contributed by atoms with E-state index in [1.54, 1.807) is 0 Å². The highest BCUT2D eigenvalue weighted by Gasteiger charge is 2.03. The van der Waals surface area contributed by atoms with Crippen molar-refractivity contribution in [2.24, 2.45) is 5.73 Å². The standard InChI is InChI=1S/C15H15ClFNO/c16-15-6-3-13(17)9-12(15)10-19-14-4-1-11(2-5-14)7-8-18/h1-6,9H,7-8,10,18H2. The molecule has 0 heterocycles. The largest absolute Gasteiger partial charge is 0.489 e. The molecule has 2 nitrogen and oxygen atoms in total. The molecular formula is C15H15ClFNO. The number of hydrogen-bond donors (Lipinski definition) is 1. The zero-order valence-corrected chi connectivity index (χ0v) is 11.2. The van der Waals surface area contributed by atoms with Crippen molar-refractivity contribution in [1.29, 1.82) is 0 Å². The highest BCUT2D eigenvalue weighted by molar-refractivity contribution is 6.31. The summed E-state index contributed by atoms with van der Waals surface area (Å²) in [6.07, 6.45) is 0.843. The molecule has 0 unspecified atom stereocenters. The number of benzene rings is 2. The Morgan fingerprint density at radius 1 is 1.11 bits per heavy atom. The number of hydrogen-bond acceptors (Lipinski definition) is 2. The zero-order valence-electron chi connectivity index (χ0n) is 10.4. The molecule has 0 atom stereocenters. The molecule has 4 heteroatoms. The van der Waals surface area contributed by atoms with Gasteiger partial charge in [-0.05, 0) is 48.9 Å². The zero-order chi connectivity index (χ0) is 13.7. The summed E-state index contributed by atoms with van der Waals surface area (Å²) < 4.78 is 18.7. The third-order valence-electron chi connectivity index (χ3n) is 2.76. The lowest BCUT2D eigenvalue weighted by Gasteiger charge is -2.08. The number of ether oxygens (including phenoxy) is 1. The van der Waals surface area contributed by atoms with Gasteiger partial charge in [0.1, 0.15) is 18.2 Å². The average Bonchev–Trinajstić information content (AvgIpc) is 2.42. The minimum Gasteiger partial charge on any atom is -0.489 e. The Labute approximate surface area is 117 Å². The Balaban J connectivity index is 2.00. The van der Waals surface area contributed by atoms with Gasteiger partial charge < -0.3 is 10.5 Å². The summed E-state index contributed by atoms with van der Waals surface area (Å²) >= 11 is 5.97. The van der Waals surface area contributed by atoms with Gasteiger partial charge in [-0.1, -0.05) is 23.7 Å². The van der Waals surface area contributed by atoms with Gasteiger partial charge in [0.05, 0.1) is 0 Å². The fourth-order valence-electron chi connectivity index (χ4n) is 1.73. The fourth-order valence-corrected chi connectivity index (χ4v) is 1.91. The molecule has 0 saturated heterocycles. The van der Waals surface area contributed by atoms with E-state index in [9.17, 15) is 4.39 Å². The Kier molecular flexibility index (Phi) is 4.77. The Morgan fingerprint density at radius 2 is 1.84 bits per heavy atom. The summed E-state index contributed by atoms with van der Waals surface area (Å²) in [5, 5.41) is 0.501. The van der Waals surface area contributed by atoms with Crippen molar-refractivity contribution in [2.45, 2.75) is 13.0 Å². The van der Waals surface area contributed by atoms with E-state index < -0.39 is 0 Å². The van der Waals surface area contributed by atoms with E-state index in [0.29, 0.717) is 17.1 Å². The summed E-state index contributed by atoms with van der Waals surface area (Å²) in [6, 6.07) is 11.9. The van der Waals surface area contributed by atoms with Crippen molar-refractivity contribution in [3.63, 3.8) is 0 Å². The van der Waals surface area contributed by atoms with Crippen LogP contribution in [0.3, 0.4) is 0 Å². The molecule has 2 rings (SSSR count). The van der Waals surface area contributed by atoms with Gasteiger partial charge in [0, 0.05) is 10.6 Å². The van der Waals surface area contributed by atoms with Crippen LogP contribution < -0.4 is 10.5 Å². The molecule has 19 heavy (non-hydrogen) atoms. The van der Waals surface area contributed by atoms with Gasteiger partial charge in [-0.25, -0.2) is 4.39 Å². The van der Waals surface area contributed by atoms with Gasteiger partial charge in [-0.2, -0.15) is 0 Å². The van der Waals surface area contributed by atoms with Gasteiger partial charge in [-0.3, -0.25) is 0 Å². The van der Waals surface area contributed by atoms with Crippen LogP contribution in [-0.4, -0.2) is 6.54 Å². The van der Waals surface area contributed by atoms with Crippen LogP contribution in [0.2, 0.25) is 5.02 Å². The molecule has 0 aromatic heterocycles. The summed E-state index contributed by atoms with van der Waals surface area (Å²) in [7, 11) is 0. The lowest BCUT2D eigenvalue weighted by atomic mass is 10.1. The van der Waals surface area contributed by atoms with Gasteiger partial charge >= 0.3 is 0 Å². The van der Waals surface area contributed by atoms with E-state index in [-0.39, 0.29) is 12.4 Å². The normalized spacial score (nSPS) is 10.5. The SMILES string of the molecule is NCCc1ccc(OCc2cc(F)ccc2Cl)cc1. The van der Waals surface area contributed by atoms with Crippen LogP contribution in [0.1, 0.15) is 11.1 Å². The second-order valence-corrected chi connectivity index (χ2v) is 4.61. The van der Waals surface area contributed by atoms with Gasteiger partial charge in [0.15, 0.2) is 0 Å².